The fourth-order valence-electron chi connectivity index (χ4n) is 4.36. The number of aryl methyl sites for hydroxylation is 1. The van der Waals surface area contributed by atoms with E-state index < -0.39 is 0 Å². The van der Waals surface area contributed by atoms with E-state index in [2.05, 4.69) is 32.4 Å². The number of hydrogen-bond acceptors (Lipinski definition) is 6. The van der Waals surface area contributed by atoms with Gasteiger partial charge in [-0.15, -0.1) is 5.10 Å². The van der Waals surface area contributed by atoms with Crippen molar-refractivity contribution in [2.45, 2.75) is 50.6 Å². The van der Waals surface area contributed by atoms with Gasteiger partial charge in [0.25, 0.3) is 0 Å². The first-order chi connectivity index (χ1) is 13.1. The fraction of sp³-hybridized carbons (Fsp3) is 0.833. The molecule has 0 bridgehead atoms. The quantitative estimate of drug-likeness (QED) is 0.720. The molecule has 0 radical (unpaired) electrons. The van der Waals surface area contributed by atoms with Crippen LogP contribution in [0.25, 0.3) is 0 Å². The topological polar surface area (TPSA) is 87.5 Å². The van der Waals surface area contributed by atoms with Crippen molar-refractivity contribution in [3.05, 3.63) is 6.33 Å². The van der Waals surface area contributed by atoms with Gasteiger partial charge in [0.2, 0.25) is 11.8 Å². The molecule has 9 nitrogen and oxygen atoms in total. The molecule has 2 saturated heterocycles. The van der Waals surface area contributed by atoms with Crippen molar-refractivity contribution in [1.82, 2.24) is 34.9 Å². The Morgan fingerprint density at radius 2 is 2.11 bits per heavy atom. The zero-order valence-electron chi connectivity index (χ0n) is 16.1. The number of aromatic nitrogens is 4. The van der Waals surface area contributed by atoms with E-state index in [-0.39, 0.29) is 17.4 Å². The summed E-state index contributed by atoms with van der Waals surface area (Å²) in [5, 5.41) is 11.0. The zero-order valence-corrected chi connectivity index (χ0v) is 16.1. The zero-order chi connectivity index (χ0) is 18.9. The summed E-state index contributed by atoms with van der Waals surface area (Å²) in [5.74, 6) is 1.15. The molecule has 1 atom stereocenters. The number of carbonyl (C=O) groups is 2. The lowest BCUT2D eigenvalue weighted by Gasteiger charge is -2.49. The molecule has 148 valence electrons. The largest absolute Gasteiger partial charge is 0.342 e. The van der Waals surface area contributed by atoms with Gasteiger partial charge in [-0.1, -0.05) is 0 Å². The molecule has 27 heavy (non-hydrogen) atoms. The molecule has 3 fully saturated rings. The van der Waals surface area contributed by atoms with Crippen LogP contribution in [0.3, 0.4) is 0 Å². The van der Waals surface area contributed by atoms with E-state index in [0.29, 0.717) is 25.9 Å². The first kappa shape index (κ1) is 18.3. The molecule has 3 heterocycles. The third-order valence-corrected chi connectivity index (χ3v) is 6.48. The number of likely N-dealkylation sites (N-methyl/N-ethyl adjacent to an activating group) is 1. The first-order valence-corrected chi connectivity index (χ1v) is 10.0. The van der Waals surface area contributed by atoms with Crippen molar-refractivity contribution in [3.63, 3.8) is 0 Å². The molecule has 0 N–H and O–H groups in total. The van der Waals surface area contributed by atoms with Crippen molar-refractivity contribution in [2.24, 2.45) is 5.92 Å². The maximum atomic E-state index is 12.7. The van der Waals surface area contributed by atoms with E-state index in [1.807, 2.05) is 4.90 Å². The Hall–Kier alpha value is -2.03. The molecular formula is C18H29N7O2. The summed E-state index contributed by atoms with van der Waals surface area (Å²) in [6, 6.07) is 0. The second-order valence-corrected chi connectivity index (χ2v) is 8.32. The number of rotatable bonds is 5. The molecule has 0 aromatic carbocycles. The highest BCUT2D eigenvalue weighted by Crippen LogP contribution is 2.35. The Morgan fingerprint density at radius 1 is 1.26 bits per heavy atom. The van der Waals surface area contributed by atoms with Gasteiger partial charge in [-0.3, -0.25) is 14.5 Å². The standard InChI is InChI=1S/C18H29N7O2/c1-22-10-11-24(17(27)5-8-25-14-19-20-21-25)13-18(22)6-4-16(26)23(9-7-18)12-15-2-3-15/h14-15H,2-13H2,1H3/t18-/m1/s1. The number of nitrogens with zero attached hydrogens (tertiary/aromatic N) is 7. The van der Waals surface area contributed by atoms with Crippen molar-refractivity contribution in [2.75, 3.05) is 39.8 Å². The highest BCUT2D eigenvalue weighted by molar-refractivity contribution is 5.77. The minimum Gasteiger partial charge on any atom is -0.342 e. The number of carbonyl (C=O) groups excluding carboxylic acids is 2. The van der Waals surface area contributed by atoms with E-state index in [1.165, 1.54) is 19.2 Å². The number of tetrazole rings is 1. The van der Waals surface area contributed by atoms with Crippen molar-refractivity contribution in [1.29, 1.82) is 0 Å². The minimum absolute atomic E-state index is 0.0866. The van der Waals surface area contributed by atoms with Gasteiger partial charge in [-0.05, 0) is 49.1 Å². The lowest BCUT2D eigenvalue weighted by Crippen LogP contribution is -2.62. The SMILES string of the molecule is CN1CCN(C(=O)CCn2cnnn2)C[C@]12CCC(=O)N(CC1CC1)CC2. The third-order valence-electron chi connectivity index (χ3n) is 6.48. The fourth-order valence-corrected chi connectivity index (χ4v) is 4.36. The van der Waals surface area contributed by atoms with Gasteiger partial charge in [0.15, 0.2) is 0 Å². The molecule has 4 rings (SSSR count). The van der Waals surface area contributed by atoms with Crippen LogP contribution < -0.4 is 0 Å². The summed E-state index contributed by atoms with van der Waals surface area (Å²) in [5.41, 5.74) is -0.0866. The van der Waals surface area contributed by atoms with Crippen LogP contribution in [-0.2, 0) is 16.1 Å². The normalized spacial score (nSPS) is 27.2. The van der Waals surface area contributed by atoms with Crippen molar-refractivity contribution in [3.8, 4) is 0 Å². The van der Waals surface area contributed by atoms with Crippen LogP contribution in [0.2, 0.25) is 0 Å². The Balaban J connectivity index is 1.38. The van der Waals surface area contributed by atoms with E-state index in [1.54, 1.807) is 4.68 Å². The molecule has 2 aliphatic heterocycles. The van der Waals surface area contributed by atoms with Crippen LogP contribution in [0.1, 0.15) is 38.5 Å². The van der Waals surface area contributed by atoms with Crippen LogP contribution >= 0.6 is 0 Å². The Bertz CT molecular complexity index is 675. The maximum Gasteiger partial charge on any atom is 0.224 e. The van der Waals surface area contributed by atoms with Gasteiger partial charge in [-0.2, -0.15) is 0 Å². The van der Waals surface area contributed by atoms with Gasteiger partial charge < -0.3 is 9.80 Å². The Labute approximate surface area is 159 Å². The summed E-state index contributed by atoms with van der Waals surface area (Å²) >= 11 is 0. The van der Waals surface area contributed by atoms with E-state index in [0.717, 1.165) is 44.9 Å². The predicted molar refractivity (Wildman–Crippen MR) is 97.5 cm³/mol. The van der Waals surface area contributed by atoms with Crippen LogP contribution in [0.5, 0.6) is 0 Å². The molecule has 9 heteroatoms. The smallest absolute Gasteiger partial charge is 0.224 e. The number of hydrogen-bond donors (Lipinski definition) is 0. The second kappa shape index (κ2) is 7.53. The summed E-state index contributed by atoms with van der Waals surface area (Å²) in [4.78, 5) is 31.7. The highest BCUT2D eigenvalue weighted by atomic mass is 16.2. The molecule has 1 saturated carbocycles. The minimum atomic E-state index is -0.0866. The van der Waals surface area contributed by atoms with E-state index in [9.17, 15) is 9.59 Å². The molecule has 3 aliphatic rings. The average Bonchev–Trinajstić information content (AvgIpc) is 3.37. The molecular weight excluding hydrogens is 346 g/mol. The first-order valence-electron chi connectivity index (χ1n) is 10.0. The summed E-state index contributed by atoms with van der Waals surface area (Å²) in [7, 11) is 2.14. The van der Waals surface area contributed by atoms with Crippen molar-refractivity contribution >= 4 is 11.8 Å². The van der Waals surface area contributed by atoms with Gasteiger partial charge in [-0.25, -0.2) is 4.68 Å². The average molecular weight is 375 g/mol. The molecule has 0 unspecified atom stereocenters. The van der Waals surface area contributed by atoms with Crippen molar-refractivity contribution < 1.29 is 9.59 Å². The van der Waals surface area contributed by atoms with Crippen LogP contribution in [0, 0.1) is 5.92 Å². The summed E-state index contributed by atoms with van der Waals surface area (Å²) < 4.78 is 1.59. The van der Waals surface area contributed by atoms with Crippen LogP contribution in [0.15, 0.2) is 6.33 Å². The lowest BCUT2D eigenvalue weighted by molar-refractivity contribution is -0.137. The predicted octanol–water partition coefficient (Wildman–Crippen LogP) is -0.00150. The summed E-state index contributed by atoms with van der Waals surface area (Å²) in [6.07, 6.45) is 6.82. The monoisotopic (exact) mass is 375 g/mol. The molecule has 1 aromatic heterocycles. The Kier molecular flexibility index (Phi) is 5.12. The van der Waals surface area contributed by atoms with Crippen LogP contribution in [-0.4, -0.2) is 92.0 Å². The molecule has 1 aromatic rings. The lowest BCUT2D eigenvalue weighted by atomic mass is 9.86. The Morgan fingerprint density at radius 3 is 2.85 bits per heavy atom. The number of amides is 2. The second-order valence-electron chi connectivity index (χ2n) is 8.32. The number of piperazine rings is 1. The molecule has 1 spiro atoms. The van der Waals surface area contributed by atoms with Gasteiger partial charge in [0.05, 0.1) is 6.54 Å². The maximum absolute atomic E-state index is 12.7. The van der Waals surface area contributed by atoms with Crippen LogP contribution in [0.4, 0.5) is 0 Å². The van der Waals surface area contributed by atoms with Gasteiger partial charge in [0, 0.05) is 51.1 Å². The molecule has 1 aliphatic carbocycles. The highest BCUT2D eigenvalue weighted by Gasteiger charge is 2.43. The van der Waals surface area contributed by atoms with Gasteiger partial charge in [0.1, 0.15) is 6.33 Å². The van der Waals surface area contributed by atoms with E-state index in [4.69, 9.17) is 0 Å². The summed E-state index contributed by atoms with van der Waals surface area (Å²) in [6.45, 7) is 4.54. The molecule has 2 amide bonds. The third kappa shape index (κ3) is 4.12. The number of likely N-dealkylation sites (tertiary alicyclic amines) is 1. The van der Waals surface area contributed by atoms with Gasteiger partial charge >= 0.3 is 0 Å². The van der Waals surface area contributed by atoms with E-state index >= 15 is 0 Å².